The van der Waals surface area contributed by atoms with Gasteiger partial charge in [0.15, 0.2) is 0 Å². The first-order valence-electron chi connectivity index (χ1n) is 8.48. The van der Waals surface area contributed by atoms with Crippen molar-refractivity contribution < 1.29 is 0 Å². The van der Waals surface area contributed by atoms with Gasteiger partial charge in [0.2, 0.25) is 0 Å². The van der Waals surface area contributed by atoms with Gasteiger partial charge in [0, 0.05) is 16.2 Å². The van der Waals surface area contributed by atoms with Crippen molar-refractivity contribution in [3.05, 3.63) is 78.4 Å². The van der Waals surface area contributed by atoms with Crippen molar-refractivity contribution >= 4 is 43.4 Å². The van der Waals surface area contributed by atoms with Crippen LogP contribution in [0.4, 0.5) is 0 Å². The van der Waals surface area contributed by atoms with Crippen LogP contribution in [0, 0.1) is 0 Å². The molecule has 0 aliphatic carbocycles. The minimum atomic E-state index is 1.02. The fourth-order valence-electron chi connectivity index (χ4n) is 3.79. The van der Waals surface area contributed by atoms with Crippen molar-refractivity contribution in [3.8, 4) is 0 Å². The van der Waals surface area contributed by atoms with Crippen LogP contribution in [-0.2, 0) is 6.42 Å². The Morgan fingerprint density at radius 1 is 0.708 bits per heavy atom. The maximum atomic E-state index is 5.06. The first-order chi connectivity index (χ1) is 11.8. The van der Waals surface area contributed by atoms with Gasteiger partial charge in [-0.2, -0.15) is 0 Å². The summed E-state index contributed by atoms with van der Waals surface area (Å²) >= 11 is 0. The summed E-state index contributed by atoms with van der Waals surface area (Å²) in [5, 5.41) is 7.55. The second kappa shape index (κ2) is 5.04. The van der Waals surface area contributed by atoms with Gasteiger partial charge in [-0.15, -0.1) is 0 Å². The lowest BCUT2D eigenvalue weighted by Gasteiger charge is -2.10. The highest BCUT2D eigenvalue weighted by atomic mass is 14.7. The Labute approximate surface area is 140 Å². The van der Waals surface area contributed by atoms with Crippen molar-refractivity contribution in [2.75, 3.05) is 0 Å². The Balaban J connectivity index is 2.00. The van der Waals surface area contributed by atoms with E-state index in [0.29, 0.717) is 0 Å². The highest BCUT2D eigenvalue weighted by molar-refractivity contribution is 6.14. The van der Waals surface area contributed by atoms with Crippen LogP contribution in [-0.4, -0.2) is 4.98 Å². The maximum Gasteiger partial charge on any atom is 0.0790 e. The quantitative estimate of drug-likeness (QED) is 0.263. The maximum absolute atomic E-state index is 5.06. The zero-order chi connectivity index (χ0) is 16.1. The molecule has 5 rings (SSSR count). The molecule has 4 aromatic carbocycles. The molecule has 114 valence electrons. The predicted molar refractivity (Wildman–Crippen MR) is 104 cm³/mol. The Hall–Kier alpha value is -2.93. The van der Waals surface area contributed by atoms with E-state index in [4.69, 9.17) is 4.98 Å². The van der Waals surface area contributed by atoms with E-state index in [2.05, 4.69) is 79.7 Å². The molecular formula is C23H17N. The molecule has 1 heteroatoms. The van der Waals surface area contributed by atoms with Crippen molar-refractivity contribution in [2.45, 2.75) is 13.3 Å². The van der Waals surface area contributed by atoms with Gasteiger partial charge in [-0.05, 0) is 40.3 Å². The predicted octanol–water partition coefficient (Wildman–Crippen LogP) is 6.26. The number of aryl methyl sites for hydroxylation is 1. The van der Waals surface area contributed by atoms with Gasteiger partial charge in [0.25, 0.3) is 0 Å². The first-order valence-corrected chi connectivity index (χ1v) is 8.48. The van der Waals surface area contributed by atoms with Crippen LogP contribution in [0.15, 0.2) is 72.8 Å². The molecule has 24 heavy (non-hydrogen) atoms. The average molecular weight is 307 g/mol. The monoisotopic (exact) mass is 307 g/mol. The molecule has 0 atom stereocenters. The molecule has 0 bridgehead atoms. The van der Waals surface area contributed by atoms with E-state index in [1.54, 1.807) is 0 Å². The standard InChI is InChI=1S/C23H17N/c1-2-15-7-5-8-17-10-11-18-14-20-19-9-4-3-6-16(19)12-13-21(20)24-23(18)22(15)17/h3-14H,2H2,1H3. The molecule has 1 nitrogen and oxygen atoms in total. The summed E-state index contributed by atoms with van der Waals surface area (Å²) in [6.07, 6.45) is 1.02. The van der Waals surface area contributed by atoms with E-state index < -0.39 is 0 Å². The third kappa shape index (κ3) is 1.85. The lowest BCUT2D eigenvalue weighted by molar-refractivity contribution is 1.16. The van der Waals surface area contributed by atoms with E-state index in [-0.39, 0.29) is 0 Å². The minimum Gasteiger partial charge on any atom is -0.247 e. The summed E-state index contributed by atoms with van der Waals surface area (Å²) < 4.78 is 0. The number of hydrogen-bond acceptors (Lipinski definition) is 1. The third-order valence-electron chi connectivity index (χ3n) is 5.00. The van der Waals surface area contributed by atoms with Crippen molar-refractivity contribution in [1.82, 2.24) is 4.98 Å². The molecule has 0 spiro atoms. The number of hydrogen-bond donors (Lipinski definition) is 0. The Morgan fingerprint density at radius 3 is 2.42 bits per heavy atom. The van der Waals surface area contributed by atoms with Crippen LogP contribution in [0.3, 0.4) is 0 Å². The third-order valence-corrected chi connectivity index (χ3v) is 5.00. The van der Waals surface area contributed by atoms with Crippen molar-refractivity contribution in [2.24, 2.45) is 0 Å². The Morgan fingerprint density at radius 2 is 1.50 bits per heavy atom. The summed E-state index contributed by atoms with van der Waals surface area (Å²) in [6, 6.07) is 26.1. The first kappa shape index (κ1) is 13.5. The zero-order valence-electron chi connectivity index (χ0n) is 13.6. The second-order valence-electron chi connectivity index (χ2n) is 6.35. The van der Waals surface area contributed by atoms with Gasteiger partial charge in [-0.1, -0.05) is 67.6 Å². The van der Waals surface area contributed by atoms with Crippen LogP contribution in [0.25, 0.3) is 43.4 Å². The van der Waals surface area contributed by atoms with Crippen LogP contribution < -0.4 is 0 Å². The van der Waals surface area contributed by atoms with E-state index >= 15 is 0 Å². The van der Waals surface area contributed by atoms with E-state index in [1.807, 2.05) is 0 Å². The van der Waals surface area contributed by atoms with E-state index in [1.165, 1.54) is 37.9 Å². The highest BCUT2D eigenvalue weighted by Crippen LogP contribution is 2.32. The summed E-state index contributed by atoms with van der Waals surface area (Å²) in [5.41, 5.74) is 3.55. The van der Waals surface area contributed by atoms with Crippen LogP contribution in [0.1, 0.15) is 12.5 Å². The SMILES string of the molecule is CCc1cccc2ccc3cc4c(ccc5ccccc54)nc3c12. The number of rotatable bonds is 1. The molecule has 0 saturated carbocycles. The van der Waals surface area contributed by atoms with Gasteiger partial charge in [-0.25, -0.2) is 4.98 Å². The highest BCUT2D eigenvalue weighted by Gasteiger charge is 2.09. The Kier molecular flexibility index (Phi) is 2.83. The van der Waals surface area contributed by atoms with Crippen LogP contribution in [0.5, 0.6) is 0 Å². The number of fused-ring (bicyclic) bond motifs is 6. The van der Waals surface area contributed by atoms with E-state index in [0.717, 1.165) is 17.5 Å². The molecule has 1 aromatic heterocycles. The largest absolute Gasteiger partial charge is 0.247 e. The lowest BCUT2D eigenvalue weighted by Crippen LogP contribution is -1.89. The van der Waals surface area contributed by atoms with E-state index in [9.17, 15) is 0 Å². The van der Waals surface area contributed by atoms with Crippen molar-refractivity contribution in [1.29, 1.82) is 0 Å². The fraction of sp³-hybridized carbons (Fsp3) is 0.0870. The molecule has 0 aliphatic rings. The van der Waals surface area contributed by atoms with Gasteiger partial charge < -0.3 is 0 Å². The molecule has 0 amide bonds. The molecule has 0 saturated heterocycles. The topological polar surface area (TPSA) is 12.9 Å². The second-order valence-corrected chi connectivity index (χ2v) is 6.35. The smallest absolute Gasteiger partial charge is 0.0790 e. The van der Waals surface area contributed by atoms with Gasteiger partial charge >= 0.3 is 0 Å². The van der Waals surface area contributed by atoms with Crippen molar-refractivity contribution in [3.63, 3.8) is 0 Å². The molecule has 0 fully saturated rings. The fourth-order valence-corrected chi connectivity index (χ4v) is 3.79. The summed E-state index contributed by atoms with van der Waals surface area (Å²) in [5.74, 6) is 0. The van der Waals surface area contributed by atoms with Gasteiger partial charge in [0.1, 0.15) is 0 Å². The molecule has 1 heterocycles. The Bertz CT molecular complexity index is 1230. The van der Waals surface area contributed by atoms with Gasteiger partial charge in [0.05, 0.1) is 11.0 Å². The molecule has 0 aliphatic heterocycles. The summed E-state index contributed by atoms with van der Waals surface area (Å²) in [4.78, 5) is 5.06. The number of nitrogens with zero attached hydrogens (tertiary/aromatic N) is 1. The minimum absolute atomic E-state index is 1.02. The lowest BCUT2D eigenvalue weighted by atomic mass is 9.97. The molecule has 5 aromatic rings. The number of benzene rings is 4. The average Bonchev–Trinajstić information content (AvgIpc) is 2.65. The summed E-state index contributed by atoms with van der Waals surface area (Å²) in [6.45, 7) is 2.21. The molecule has 0 N–H and O–H groups in total. The molecule has 0 unspecified atom stereocenters. The normalized spacial score (nSPS) is 11.7. The number of aromatic nitrogens is 1. The number of pyridine rings is 1. The zero-order valence-corrected chi connectivity index (χ0v) is 13.6. The molecular weight excluding hydrogens is 290 g/mol. The molecule has 0 radical (unpaired) electrons. The van der Waals surface area contributed by atoms with Gasteiger partial charge in [-0.3, -0.25) is 0 Å². The summed E-state index contributed by atoms with van der Waals surface area (Å²) in [7, 11) is 0. The van der Waals surface area contributed by atoms with Crippen LogP contribution in [0.2, 0.25) is 0 Å². The van der Waals surface area contributed by atoms with Crippen LogP contribution >= 0.6 is 0 Å².